The number of carbonyl (C=O) groups excluding carboxylic acids is 1. The number of ether oxygens (including phenoxy) is 10. The van der Waals surface area contributed by atoms with Crippen molar-refractivity contribution in [1.82, 2.24) is 5.32 Å². The van der Waals surface area contributed by atoms with Crippen molar-refractivity contribution in [3.8, 4) is 0 Å². The van der Waals surface area contributed by atoms with Crippen LogP contribution >= 0.6 is 23.2 Å². The Morgan fingerprint density at radius 1 is 0.547 bits per heavy atom. The van der Waals surface area contributed by atoms with E-state index in [4.69, 9.17) is 70.6 Å². The van der Waals surface area contributed by atoms with Gasteiger partial charge in [0, 0.05) is 18.3 Å². The average Bonchev–Trinajstić information content (AvgIpc) is 1.30. The Labute approximate surface area is 511 Å². The fourth-order valence-electron chi connectivity index (χ4n) is 11.3. The molecule has 0 spiro atoms. The highest BCUT2D eigenvalue weighted by Crippen LogP contribution is 2.39. The Bertz CT molecular complexity index is 1910. The molecule has 5 rings (SSSR count). The third-order valence-electron chi connectivity index (χ3n) is 16.8. The van der Waals surface area contributed by atoms with Crippen molar-refractivity contribution in [2.45, 2.75) is 281 Å². The molecule has 1 amide bonds. The van der Waals surface area contributed by atoms with Gasteiger partial charge in [-0.3, -0.25) is 4.79 Å². The van der Waals surface area contributed by atoms with E-state index in [9.17, 15) is 86.5 Å². The van der Waals surface area contributed by atoms with Gasteiger partial charge in [-0.15, -0.1) is 0 Å². The zero-order chi connectivity index (χ0) is 63.4. The molecule has 0 aliphatic carbocycles. The van der Waals surface area contributed by atoms with Crippen LogP contribution < -0.4 is 5.32 Å². The fourth-order valence-corrected chi connectivity index (χ4v) is 11.5. The SMILES string of the molecule is CCCCCCCCCCCCCCC/C=C/[C@@H](O)[C@H](CO[C@@H]1OC(CO)[C@@H](O[C@@H]2OC(CO)[C@H](O[C@@H]3OC(CO)[C@H](O)[C@H](O[C@@H]4OC(CO)[C@H](O)[C@H](O)C4O)C3C)[C@H](OC3C[C@@H](O)[C@@H](C)C([C@H](O)[C@H](O)CO)O3)C2O)[C@H](O)C1O)NC(=O)C(Cl)Cl. The quantitative estimate of drug-likeness (QED) is 0.0170. The summed E-state index contributed by atoms with van der Waals surface area (Å²) in [6, 6.07) is -1.23. The smallest absolute Gasteiger partial charge is 0.253 e. The van der Waals surface area contributed by atoms with Crippen molar-refractivity contribution in [1.29, 1.82) is 0 Å². The molecule has 10 unspecified atom stereocenters. The van der Waals surface area contributed by atoms with E-state index in [1.165, 1.54) is 77.7 Å². The van der Waals surface area contributed by atoms with E-state index in [1.54, 1.807) is 6.08 Å². The van der Waals surface area contributed by atoms with Crippen LogP contribution in [-0.2, 0) is 52.2 Å². The monoisotopic (exact) mass is 1290 g/mol. The van der Waals surface area contributed by atoms with Crippen molar-refractivity contribution >= 4 is 29.1 Å². The van der Waals surface area contributed by atoms with Gasteiger partial charge in [-0.05, 0) is 12.8 Å². The van der Waals surface area contributed by atoms with E-state index >= 15 is 0 Å². The first kappa shape index (κ1) is 75.5. The second-order valence-corrected chi connectivity index (χ2v) is 24.3. The molecular formula is C56H99Cl2NO27. The summed E-state index contributed by atoms with van der Waals surface area (Å²) in [4.78, 5) is 11.1. The van der Waals surface area contributed by atoms with Gasteiger partial charge < -0.3 is 134 Å². The molecule has 28 nitrogen and oxygen atoms in total. The number of aliphatic hydroxyl groups is 16. The molecule has 0 aromatic rings. The second-order valence-electron chi connectivity index (χ2n) is 23.2. The highest BCUT2D eigenvalue weighted by Gasteiger charge is 2.57. The number of halogens is 2. The molecule has 30 heteroatoms. The standard InChI is InChI=1S/C56H99Cl2NO27/c1-4-5-6-7-8-9-10-11-12-13-14-15-16-17-18-19-30(65)29(59-52(76)51(57)58)26-77-54-44(74)42(72)48(35(24-63)80-54)85-56-45(75)50(83-37-20-31(66)27(2)46(82-37)38(68)32(67)21-60)49(36(25-64)81-56)86-53-28(3)47(40(70)34(23-62)78-53)84-55-43(73)41(71)39(69)33(22-61)79-55/h18-19,27-51,53-56,60-75H,4-17,20-26H2,1-3H3,(H,59,76)/b19-18+/t27-,28?,29+,30-,31-,32-,33?,34?,35?,36?,37?,38-,39+,40+,41+,42-,43?,44?,45?,46?,47-,48-,49+,50-,53+,54-,55+,56+/m1/s1. The maximum atomic E-state index is 12.7. The first-order valence-electron chi connectivity index (χ1n) is 30.4. The lowest BCUT2D eigenvalue weighted by atomic mass is 9.87. The molecule has 5 saturated heterocycles. The minimum atomic E-state index is -2.12. The molecule has 0 bridgehead atoms. The molecule has 5 aliphatic heterocycles. The summed E-state index contributed by atoms with van der Waals surface area (Å²) in [6.07, 6.45) is -24.0. The van der Waals surface area contributed by atoms with Gasteiger partial charge in [0.2, 0.25) is 0 Å². The summed E-state index contributed by atoms with van der Waals surface area (Å²) in [5.41, 5.74) is 0. The van der Waals surface area contributed by atoms with Crippen LogP contribution in [0.15, 0.2) is 12.2 Å². The average molecular weight is 1290 g/mol. The Morgan fingerprint density at radius 2 is 1.05 bits per heavy atom. The zero-order valence-corrected chi connectivity index (χ0v) is 50.7. The van der Waals surface area contributed by atoms with Gasteiger partial charge in [0.25, 0.3) is 5.91 Å². The molecule has 17 N–H and O–H groups in total. The number of unbranched alkanes of at least 4 members (excludes halogenated alkanes) is 13. The highest BCUT2D eigenvalue weighted by molar-refractivity contribution is 6.53. The van der Waals surface area contributed by atoms with E-state index in [-0.39, 0.29) is 6.42 Å². The summed E-state index contributed by atoms with van der Waals surface area (Å²) < 4.78 is 60.0. The van der Waals surface area contributed by atoms with Gasteiger partial charge in [0.05, 0.1) is 70.1 Å². The van der Waals surface area contributed by atoms with E-state index < -0.39 is 222 Å². The molecule has 0 aromatic carbocycles. The molecule has 28 atom stereocenters. The normalized spacial score (nSPS) is 39.6. The molecule has 0 aromatic heterocycles. The summed E-state index contributed by atoms with van der Waals surface area (Å²) in [5, 5.41) is 176. The fraction of sp³-hybridized carbons (Fsp3) is 0.946. The third kappa shape index (κ3) is 20.9. The molecular weight excluding hydrogens is 1190 g/mol. The van der Waals surface area contributed by atoms with E-state index in [0.717, 1.165) is 25.7 Å². The number of rotatable bonds is 36. The second kappa shape index (κ2) is 38.1. The van der Waals surface area contributed by atoms with E-state index in [1.807, 2.05) is 0 Å². The zero-order valence-electron chi connectivity index (χ0n) is 49.1. The van der Waals surface area contributed by atoms with Crippen LogP contribution in [0.5, 0.6) is 0 Å². The molecule has 0 saturated carbocycles. The molecule has 504 valence electrons. The summed E-state index contributed by atoms with van der Waals surface area (Å²) in [6.45, 7) is 0.0410. The number of aliphatic hydroxyl groups excluding tert-OH is 16. The topological polar surface area (TPSA) is 445 Å². The number of amides is 1. The van der Waals surface area contributed by atoms with Gasteiger partial charge in [-0.25, -0.2) is 0 Å². The predicted molar refractivity (Wildman–Crippen MR) is 300 cm³/mol. The van der Waals surface area contributed by atoms with Crippen LogP contribution in [0.1, 0.15) is 117 Å². The Morgan fingerprint density at radius 3 is 1.63 bits per heavy atom. The van der Waals surface area contributed by atoms with Crippen molar-refractivity contribution in [2.75, 3.05) is 39.6 Å². The number of nitrogens with one attached hydrogen (secondary N) is 1. The van der Waals surface area contributed by atoms with Gasteiger partial charge in [0.1, 0.15) is 97.7 Å². The maximum Gasteiger partial charge on any atom is 0.253 e. The van der Waals surface area contributed by atoms with Crippen LogP contribution in [0.2, 0.25) is 0 Å². The summed E-state index contributed by atoms with van der Waals surface area (Å²) in [7, 11) is 0. The van der Waals surface area contributed by atoms with Crippen molar-refractivity contribution in [2.24, 2.45) is 11.8 Å². The predicted octanol–water partition coefficient (Wildman–Crippen LogP) is -2.91. The molecule has 5 fully saturated rings. The van der Waals surface area contributed by atoms with E-state index in [0.29, 0.717) is 6.42 Å². The Kier molecular flexibility index (Phi) is 33.4. The summed E-state index contributed by atoms with van der Waals surface area (Å²) in [5.74, 6) is -2.93. The lowest BCUT2D eigenvalue weighted by Gasteiger charge is -2.51. The lowest BCUT2D eigenvalue weighted by molar-refractivity contribution is -0.396. The molecule has 86 heavy (non-hydrogen) atoms. The highest BCUT2D eigenvalue weighted by atomic mass is 35.5. The first-order chi connectivity index (χ1) is 41.1. The van der Waals surface area contributed by atoms with Gasteiger partial charge >= 0.3 is 0 Å². The Balaban J connectivity index is 1.30. The first-order valence-corrected chi connectivity index (χ1v) is 31.2. The number of hydrogen-bond donors (Lipinski definition) is 17. The number of carbonyl (C=O) groups is 1. The lowest BCUT2D eigenvalue weighted by Crippen LogP contribution is -2.67. The van der Waals surface area contributed by atoms with Crippen LogP contribution in [0.3, 0.4) is 0 Å². The molecule has 0 radical (unpaired) electrons. The van der Waals surface area contributed by atoms with E-state index in [2.05, 4.69) is 12.2 Å². The molecule has 5 aliphatic rings. The minimum Gasteiger partial charge on any atom is -0.394 e. The number of allylic oxidation sites excluding steroid dienone is 1. The van der Waals surface area contributed by atoms with Crippen LogP contribution in [0, 0.1) is 11.8 Å². The Hall–Kier alpha value is -1.25. The van der Waals surface area contributed by atoms with Gasteiger partial charge in [-0.2, -0.15) is 0 Å². The summed E-state index contributed by atoms with van der Waals surface area (Å²) >= 11 is 11.6. The third-order valence-corrected chi connectivity index (χ3v) is 17.2. The van der Waals surface area contributed by atoms with Crippen molar-refractivity contribution in [3.63, 3.8) is 0 Å². The number of alkyl halides is 2. The van der Waals surface area contributed by atoms with Crippen molar-refractivity contribution in [3.05, 3.63) is 12.2 Å². The largest absolute Gasteiger partial charge is 0.394 e. The van der Waals surface area contributed by atoms with Gasteiger partial charge in [0.15, 0.2) is 36.3 Å². The van der Waals surface area contributed by atoms with Gasteiger partial charge in [-0.1, -0.05) is 133 Å². The number of hydrogen-bond acceptors (Lipinski definition) is 27. The molecule has 5 heterocycles. The van der Waals surface area contributed by atoms with Crippen LogP contribution in [0.4, 0.5) is 0 Å². The van der Waals surface area contributed by atoms with Crippen molar-refractivity contribution < 1.29 is 134 Å². The minimum absolute atomic E-state index is 0.360. The van der Waals surface area contributed by atoms with Crippen LogP contribution in [0.25, 0.3) is 0 Å². The van der Waals surface area contributed by atoms with Crippen LogP contribution in [-0.4, -0.2) is 292 Å². The maximum absolute atomic E-state index is 12.7.